The molecule has 0 bridgehead atoms. The highest BCUT2D eigenvalue weighted by atomic mass is 19.1. The average molecular weight is 372 g/mol. The minimum atomic E-state index is -0.850. The Hall–Kier alpha value is -2.27. The maximum absolute atomic E-state index is 13.8. The molecule has 3 nitrogen and oxygen atoms in total. The highest BCUT2D eigenvalue weighted by Crippen LogP contribution is 2.23. The molecule has 1 aliphatic rings. The minimum Gasteiger partial charge on any atom is -0.348 e. The normalized spacial score (nSPS) is 20.4. The number of rotatable bonds is 5. The summed E-state index contributed by atoms with van der Waals surface area (Å²) in [5.41, 5.74) is 2.03. The lowest BCUT2D eigenvalue weighted by Gasteiger charge is -2.35. The molecule has 1 amide bonds. The van der Waals surface area contributed by atoms with Gasteiger partial charge in [0.05, 0.1) is 5.56 Å². The van der Waals surface area contributed by atoms with Crippen LogP contribution in [0.1, 0.15) is 41.8 Å². The van der Waals surface area contributed by atoms with E-state index in [-0.39, 0.29) is 5.56 Å². The Morgan fingerprint density at radius 3 is 2.41 bits per heavy atom. The van der Waals surface area contributed by atoms with E-state index in [1.54, 1.807) is 0 Å². The SMILES string of the molecule is CC1CC(C)CN(Cc2ccccc2CNC(=O)c2ccc(F)cc2F)C1. The summed E-state index contributed by atoms with van der Waals surface area (Å²) >= 11 is 0. The zero-order valence-electron chi connectivity index (χ0n) is 15.8. The number of amides is 1. The first-order chi connectivity index (χ1) is 12.9. The highest BCUT2D eigenvalue weighted by Gasteiger charge is 2.22. The summed E-state index contributed by atoms with van der Waals surface area (Å²) in [6, 6.07) is 11.0. The fourth-order valence-electron chi connectivity index (χ4n) is 3.99. The van der Waals surface area contributed by atoms with Crippen molar-refractivity contribution in [3.8, 4) is 0 Å². The second-order valence-corrected chi connectivity index (χ2v) is 7.72. The summed E-state index contributed by atoms with van der Waals surface area (Å²) in [6.07, 6.45) is 1.26. The van der Waals surface area contributed by atoms with Crippen LogP contribution in [0.5, 0.6) is 0 Å². The molecule has 2 aromatic rings. The van der Waals surface area contributed by atoms with Crippen molar-refractivity contribution in [1.82, 2.24) is 10.2 Å². The molecule has 1 heterocycles. The topological polar surface area (TPSA) is 32.3 Å². The summed E-state index contributed by atoms with van der Waals surface area (Å²) in [7, 11) is 0. The number of benzene rings is 2. The van der Waals surface area contributed by atoms with Gasteiger partial charge in [0.2, 0.25) is 0 Å². The Balaban J connectivity index is 1.66. The first-order valence-electron chi connectivity index (χ1n) is 9.44. The van der Waals surface area contributed by atoms with Gasteiger partial charge in [-0.05, 0) is 41.5 Å². The maximum atomic E-state index is 13.8. The summed E-state index contributed by atoms with van der Waals surface area (Å²) < 4.78 is 26.8. The first-order valence-corrected chi connectivity index (χ1v) is 9.44. The van der Waals surface area contributed by atoms with Crippen LogP contribution in [0, 0.1) is 23.5 Å². The number of nitrogens with one attached hydrogen (secondary N) is 1. The van der Waals surface area contributed by atoms with E-state index in [1.165, 1.54) is 18.1 Å². The minimum absolute atomic E-state index is 0.146. The van der Waals surface area contributed by atoms with Gasteiger partial charge in [-0.15, -0.1) is 0 Å². The van der Waals surface area contributed by atoms with E-state index in [9.17, 15) is 13.6 Å². The van der Waals surface area contributed by atoms with Gasteiger partial charge in [0, 0.05) is 32.2 Å². The number of halogens is 2. The van der Waals surface area contributed by atoms with Crippen LogP contribution in [-0.4, -0.2) is 23.9 Å². The quantitative estimate of drug-likeness (QED) is 0.845. The molecule has 27 heavy (non-hydrogen) atoms. The zero-order valence-corrected chi connectivity index (χ0v) is 15.8. The van der Waals surface area contributed by atoms with Crippen LogP contribution in [0.4, 0.5) is 8.78 Å². The van der Waals surface area contributed by atoms with E-state index >= 15 is 0 Å². The summed E-state index contributed by atoms with van der Waals surface area (Å²) in [4.78, 5) is 14.7. The highest BCUT2D eigenvalue weighted by molar-refractivity contribution is 5.94. The molecule has 2 unspecified atom stereocenters. The van der Waals surface area contributed by atoms with Crippen molar-refractivity contribution in [1.29, 1.82) is 0 Å². The Labute approximate surface area is 159 Å². The Bertz CT molecular complexity index is 799. The molecule has 2 aromatic carbocycles. The van der Waals surface area contributed by atoms with Crippen LogP contribution in [0.15, 0.2) is 42.5 Å². The molecule has 3 rings (SSSR count). The fraction of sp³-hybridized carbons (Fsp3) is 0.409. The molecular formula is C22H26F2N2O. The zero-order chi connectivity index (χ0) is 19.4. The molecule has 144 valence electrons. The third-order valence-electron chi connectivity index (χ3n) is 5.07. The number of nitrogens with zero attached hydrogens (tertiary/aromatic N) is 1. The molecule has 1 saturated heterocycles. The lowest BCUT2D eigenvalue weighted by molar-refractivity contribution is 0.0946. The number of carbonyl (C=O) groups excluding carboxylic acids is 1. The third kappa shape index (κ3) is 5.13. The second-order valence-electron chi connectivity index (χ2n) is 7.72. The predicted molar refractivity (Wildman–Crippen MR) is 102 cm³/mol. The summed E-state index contributed by atoms with van der Waals surface area (Å²) in [5, 5.41) is 2.75. The van der Waals surface area contributed by atoms with Crippen molar-refractivity contribution in [3.05, 3.63) is 70.8 Å². The van der Waals surface area contributed by atoms with Crippen molar-refractivity contribution in [2.24, 2.45) is 11.8 Å². The van der Waals surface area contributed by atoms with Gasteiger partial charge in [-0.2, -0.15) is 0 Å². The molecule has 0 radical (unpaired) electrons. The largest absolute Gasteiger partial charge is 0.348 e. The van der Waals surface area contributed by atoms with Crippen LogP contribution in [0.2, 0.25) is 0 Å². The van der Waals surface area contributed by atoms with Gasteiger partial charge in [-0.25, -0.2) is 8.78 Å². The van der Waals surface area contributed by atoms with E-state index in [0.29, 0.717) is 18.4 Å². The lowest BCUT2D eigenvalue weighted by Crippen LogP contribution is -2.38. The van der Waals surface area contributed by atoms with Crippen LogP contribution in [0.25, 0.3) is 0 Å². The Morgan fingerprint density at radius 2 is 1.74 bits per heavy atom. The van der Waals surface area contributed by atoms with E-state index < -0.39 is 17.5 Å². The summed E-state index contributed by atoms with van der Waals surface area (Å²) in [5.74, 6) is -0.719. The van der Waals surface area contributed by atoms with E-state index in [2.05, 4.69) is 30.1 Å². The standard InChI is InChI=1S/C22H26F2N2O/c1-15-9-16(2)13-26(12-15)14-18-6-4-3-5-17(18)11-25-22(27)20-8-7-19(23)10-21(20)24/h3-8,10,15-16H,9,11-14H2,1-2H3,(H,25,27). The maximum Gasteiger partial charge on any atom is 0.254 e. The molecule has 1 fully saturated rings. The second kappa shape index (κ2) is 8.61. The van der Waals surface area contributed by atoms with Gasteiger partial charge in [0.1, 0.15) is 11.6 Å². The molecule has 1 N–H and O–H groups in total. The Morgan fingerprint density at radius 1 is 1.07 bits per heavy atom. The number of hydrogen-bond acceptors (Lipinski definition) is 2. The number of piperidine rings is 1. The van der Waals surface area contributed by atoms with Crippen LogP contribution < -0.4 is 5.32 Å². The van der Waals surface area contributed by atoms with Crippen LogP contribution in [-0.2, 0) is 13.1 Å². The fourth-order valence-corrected chi connectivity index (χ4v) is 3.99. The van der Waals surface area contributed by atoms with Gasteiger partial charge < -0.3 is 5.32 Å². The van der Waals surface area contributed by atoms with Crippen LogP contribution >= 0.6 is 0 Å². The number of hydrogen-bond donors (Lipinski definition) is 1. The van der Waals surface area contributed by atoms with E-state index in [1.807, 2.05) is 18.2 Å². The lowest BCUT2D eigenvalue weighted by atomic mass is 9.91. The Kier molecular flexibility index (Phi) is 6.22. The summed E-state index contributed by atoms with van der Waals surface area (Å²) in [6.45, 7) is 7.87. The van der Waals surface area contributed by atoms with Crippen molar-refractivity contribution in [2.45, 2.75) is 33.4 Å². The van der Waals surface area contributed by atoms with Gasteiger partial charge in [0.15, 0.2) is 0 Å². The van der Waals surface area contributed by atoms with Gasteiger partial charge in [-0.1, -0.05) is 38.1 Å². The number of carbonyl (C=O) groups is 1. The van der Waals surface area contributed by atoms with E-state index in [4.69, 9.17) is 0 Å². The smallest absolute Gasteiger partial charge is 0.254 e. The van der Waals surface area contributed by atoms with Crippen molar-refractivity contribution in [2.75, 3.05) is 13.1 Å². The third-order valence-corrected chi connectivity index (χ3v) is 5.07. The molecule has 0 spiro atoms. The molecule has 1 aliphatic heterocycles. The molecule has 0 aromatic heterocycles. The molecule has 0 aliphatic carbocycles. The first kappa shape index (κ1) is 19.5. The molecule has 0 saturated carbocycles. The van der Waals surface area contributed by atoms with Gasteiger partial charge in [0.25, 0.3) is 5.91 Å². The predicted octanol–water partition coefficient (Wildman–Crippen LogP) is 4.37. The monoisotopic (exact) mass is 372 g/mol. The molecule has 5 heteroatoms. The molecular weight excluding hydrogens is 346 g/mol. The van der Waals surface area contributed by atoms with Crippen molar-refractivity contribution in [3.63, 3.8) is 0 Å². The van der Waals surface area contributed by atoms with Crippen molar-refractivity contribution < 1.29 is 13.6 Å². The van der Waals surface area contributed by atoms with Gasteiger partial charge in [-0.3, -0.25) is 9.69 Å². The van der Waals surface area contributed by atoms with Crippen molar-refractivity contribution >= 4 is 5.91 Å². The number of likely N-dealkylation sites (tertiary alicyclic amines) is 1. The molecule has 2 atom stereocenters. The average Bonchev–Trinajstić information content (AvgIpc) is 2.60. The van der Waals surface area contributed by atoms with Crippen LogP contribution in [0.3, 0.4) is 0 Å². The van der Waals surface area contributed by atoms with Gasteiger partial charge >= 0.3 is 0 Å². The van der Waals surface area contributed by atoms with E-state index in [0.717, 1.165) is 37.3 Å².